The number of para-hydroxylation sites is 1. The molecule has 1 rings (SSSR count). The maximum atomic E-state index is 11.9. The van der Waals surface area contributed by atoms with E-state index in [1.807, 2.05) is 0 Å². The Labute approximate surface area is 83.2 Å². The summed E-state index contributed by atoms with van der Waals surface area (Å²) in [6.07, 6.45) is -4.79. The van der Waals surface area contributed by atoms with E-state index in [1.54, 1.807) is 11.5 Å². The summed E-state index contributed by atoms with van der Waals surface area (Å²) in [5, 5.41) is 0.229. The summed E-state index contributed by atoms with van der Waals surface area (Å²) in [4.78, 5) is 13.6. The summed E-state index contributed by atoms with van der Waals surface area (Å²) in [6.45, 7) is 0. The molecule has 0 aromatic heterocycles. The third-order valence-corrected chi connectivity index (χ3v) is 1.36. The quantitative estimate of drug-likeness (QED) is 0.619. The van der Waals surface area contributed by atoms with Crippen LogP contribution in [-0.4, -0.2) is 12.8 Å². The molecule has 0 aliphatic carbocycles. The van der Waals surface area contributed by atoms with E-state index in [1.165, 1.54) is 24.3 Å². The molecule has 0 fully saturated rings. The predicted octanol–water partition coefficient (Wildman–Crippen LogP) is 1.61. The number of carbonyl (C=O) groups is 1. The van der Waals surface area contributed by atoms with Gasteiger partial charge in [0.05, 0.1) is 5.69 Å². The first-order valence-corrected chi connectivity index (χ1v) is 3.84. The van der Waals surface area contributed by atoms with Crippen LogP contribution in [0.5, 0.6) is 0 Å². The molecule has 0 bridgehead atoms. The lowest BCUT2D eigenvalue weighted by Crippen LogP contribution is -2.41. The zero-order valence-electron chi connectivity index (χ0n) is 7.36. The fourth-order valence-electron chi connectivity index (χ4n) is 0.868. The number of rotatable bonds is 4. The molecule has 1 aromatic carbocycles. The molecule has 0 heterocycles. The maximum absolute atomic E-state index is 11.9. The van der Waals surface area contributed by atoms with Crippen LogP contribution in [0.25, 0.3) is 0 Å². The van der Waals surface area contributed by atoms with E-state index in [4.69, 9.17) is 0 Å². The van der Waals surface area contributed by atoms with Gasteiger partial charge in [0.15, 0.2) is 0 Å². The number of carbonyl (C=O) groups excluding carboxylic acids is 1. The number of halogens is 3. The number of anilines is 1. The van der Waals surface area contributed by atoms with Crippen molar-refractivity contribution >= 4 is 12.1 Å². The number of nitrogens with one attached hydrogen (secondary N) is 1. The van der Waals surface area contributed by atoms with E-state index in [0.717, 1.165) is 0 Å². The van der Waals surface area contributed by atoms with Crippen molar-refractivity contribution in [1.29, 1.82) is 0 Å². The fourth-order valence-corrected chi connectivity index (χ4v) is 0.868. The van der Waals surface area contributed by atoms with Gasteiger partial charge in [-0.3, -0.25) is 4.79 Å². The van der Waals surface area contributed by atoms with Gasteiger partial charge in [-0.2, -0.15) is 10.0 Å². The van der Waals surface area contributed by atoms with Crippen molar-refractivity contribution < 1.29 is 22.8 Å². The van der Waals surface area contributed by atoms with Gasteiger partial charge in [0.1, 0.15) is 0 Å². The number of hydrazine groups is 1. The molecule has 0 atom stereocenters. The maximum Gasteiger partial charge on any atom is 0.545 e. The summed E-state index contributed by atoms with van der Waals surface area (Å²) in [5.41, 5.74) is 1.82. The Kier molecular flexibility index (Phi) is 3.51. The fraction of sp³-hybridized carbons (Fsp3) is 0.125. The smallest absolute Gasteiger partial charge is 0.277 e. The van der Waals surface area contributed by atoms with Crippen molar-refractivity contribution in [2.75, 3.05) is 5.17 Å². The van der Waals surface area contributed by atoms with Crippen LogP contribution >= 0.6 is 0 Å². The number of hydrogen-bond acceptors (Lipinski definition) is 3. The number of nitrogens with zero attached hydrogens (tertiary/aromatic N) is 1. The van der Waals surface area contributed by atoms with Crippen molar-refractivity contribution in [2.24, 2.45) is 0 Å². The number of hydrogen-bond donors (Lipinski definition) is 1. The van der Waals surface area contributed by atoms with Crippen LogP contribution in [0.4, 0.5) is 18.9 Å². The highest BCUT2D eigenvalue weighted by atomic mass is 19.4. The van der Waals surface area contributed by atoms with Gasteiger partial charge in [0, 0.05) is 0 Å². The van der Waals surface area contributed by atoms with Gasteiger partial charge in [-0.05, 0) is 12.1 Å². The molecule has 0 saturated carbocycles. The van der Waals surface area contributed by atoms with E-state index in [9.17, 15) is 18.0 Å². The number of alkyl halides is 3. The number of benzene rings is 1. The van der Waals surface area contributed by atoms with Gasteiger partial charge in [0.25, 0.3) is 0 Å². The van der Waals surface area contributed by atoms with E-state index in [0.29, 0.717) is 0 Å². The Morgan fingerprint density at radius 3 is 2.33 bits per heavy atom. The minimum absolute atomic E-state index is 0.0573. The molecule has 1 amide bonds. The largest absolute Gasteiger partial charge is 0.545 e. The standard InChI is InChI=1S/C8H7F3N2O2/c9-8(10,11)15-13(12-6-14)7-4-2-1-3-5-7/h1-6H,(H,12,14). The Balaban J connectivity index is 2.79. The van der Waals surface area contributed by atoms with Crippen molar-refractivity contribution in [3.05, 3.63) is 30.3 Å². The van der Waals surface area contributed by atoms with Gasteiger partial charge in [0.2, 0.25) is 6.41 Å². The summed E-state index contributed by atoms with van der Waals surface area (Å²) in [7, 11) is 0. The average Bonchev–Trinajstić information content (AvgIpc) is 2.17. The van der Waals surface area contributed by atoms with Crippen LogP contribution in [0.2, 0.25) is 0 Å². The average molecular weight is 220 g/mol. The van der Waals surface area contributed by atoms with Crippen LogP contribution in [0.3, 0.4) is 0 Å². The molecule has 0 radical (unpaired) electrons. The molecule has 7 heteroatoms. The van der Waals surface area contributed by atoms with E-state index in [2.05, 4.69) is 4.84 Å². The Morgan fingerprint density at radius 2 is 1.87 bits per heavy atom. The first-order chi connectivity index (χ1) is 7.03. The summed E-state index contributed by atoms with van der Waals surface area (Å²) < 4.78 is 35.7. The SMILES string of the molecule is O=CNN(OC(F)(F)F)c1ccccc1. The van der Waals surface area contributed by atoms with Gasteiger partial charge < -0.3 is 0 Å². The third-order valence-electron chi connectivity index (χ3n) is 1.36. The molecule has 0 aliphatic rings. The topological polar surface area (TPSA) is 41.6 Å². The van der Waals surface area contributed by atoms with Crippen LogP contribution in [0.1, 0.15) is 0 Å². The first kappa shape index (κ1) is 11.3. The molecule has 82 valence electrons. The van der Waals surface area contributed by atoms with Gasteiger partial charge in [-0.1, -0.05) is 18.2 Å². The molecule has 15 heavy (non-hydrogen) atoms. The molecule has 1 N–H and O–H groups in total. The van der Waals surface area contributed by atoms with Crippen molar-refractivity contribution in [2.45, 2.75) is 6.36 Å². The highest BCUT2D eigenvalue weighted by molar-refractivity contribution is 5.53. The molecule has 0 saturated heterocycles. The lowest BCUT2D eigenvalue weighted by molar-refractivity contribution is -0.333. The minimum atomic E-state index is -4.87. The minimum Gasteiger partial charge on any atom is -0.277 e. The Morgan fingerprint density at radius 1 is 1.27 bits per heavy atom. The Bertz CT molecular complexity index is 315. The van der Waals surface area contributed by atoms with Crippen LogP contribution in [0, 0.1) is 0 Å². The second-order valence-electron chi connectivity index (χ2n) is 2.41. The molecule has 4 nitrogen and oxygen atoms in total. The normalized spacial score (nSPS) is 10.9. The van der Waals surface area contributed by atoms with Crippen molar-refractivity contribution in [1.82, 2.24) is 5.43 Å². The first-order valence-electron chi connectivity index (χ1n) is 3.84. The predicted molar refractivity (Wildman–Crippen MR) is 45.3 cm³/mol. The zero-order valence-corrected chi connectivity index (χ0v) is 7.36. The van der Waals surface area contributed by atoms with Gasteiger partial charge in [-0.25, -0.2) is 5.43 Å². The highest BCUT2D eigenvalue weighted by Gasteiger charge is 2.34. The molecule has 0 spiro atoms. The summed E-state index contributed by atoms with van der Waals surface area (Å²) >= 11 is 0. The zero-order chi connectivity index (χ0) is 11.3. The number of amides is 1. The molecule has 0 aliphatic heterocycles. The van der Waals surface area contributed by atoms with Crippen LogP contribution < -0.4 is 10.6 Å². The molecule has 1 aromatic rings. The monoisotopic (exact) mass is 220 g/mol. The second kappa shape index (κ2) is 4.65. The molecular weight excluding hydrogens is 213 g/mol. The third kappa shape index (κ3) is 3.86. The lowest BCUT2D eigenvalue weighted by atomic mass is 10.3. The molecule has 0 unspecified atom stereocenters. The van der Waals surface area contributed by atoms with Crippen LogP contribution in [0.15, 0.2) is 30.3 Å². The van der Waals surface area contributed by atoms with E-state index < -0.39 is 6.36 Å². The van der Waals surface area contributed by atoms with E-state index >= 15 is 0 Å². The van der Waals surface area contributed by atoms with Crippen molar-refractivity contribution in [3.8, 4) is 0 Å². The van der Waals surface area contributed by atoms with Gasteiger partial charge >= 0.3 is 6.36 Å². The molecular formula is C8H7F3N2O2. The van der Waals surface area contributed by atoms with Crippen LogP contribution in [-0.2, 0) is 9.63 Å². The van der Waals surface area contributed by atoms with E-state index in [-0.39, 0.29) is 17.3 Å². The Hall–Kier alpha value is -1.76. The lowest BCUT2D eigenvalue weighted by Gasteiger charge is -2.22. The second-order valence-corrected chi connectivity index (χ2v) is 2.41. The summed E-state index contributed by atoms with van der Waals surface area (Å²) in [6, 6.07) is 7.34. The van der Waals surface area contributed by atoms with Crippen molar-refractivity contribution in [3.63, 3.8) is 0 Å². The summed E-state index contributed by atoms with van der Waals surface area (Å²) in [5.74, 6) is 0. The highest BCUT2D eigenvalue weighted by Crippen LogP contribution is 2.21. The van der Waals surface area contributed by atoms with Gasteiger partial charge in [-0.15, -0.1) is 13.2 Å².